The van der Waals surface area contributed by atoms with Crippen LogP contribution in [-0.4, -0.2) is 29.4 Å². The normalized spacial score (nSPS) is 11.4. The number of benzene rings is 2. The molecule has 3 aromatic rings. The van der Waals surface area contributed by atoms with Crippen LogP contribution in [0.5, 0.6) is 0 Å². The van der Waals surface area contributed by atoms with Gasteiger partial charge in [-0.25, -0.2) is 0 Å². The Bertz CT molecular complexity index is 1360. The summed E-state index contributed by atoms with van der Waals surface area (Å²) in [6.07, 6.45) is 0.943. The van der Waals surface area contributed by atoms with E-state index in [9.17, 15) is 38.8 Å². The Hall–Kier alpha value is -4.66. The van der Waals surface area contributed by atoms with Crippen LogP contribution in [0.25, 0.3) is 11.3 Å². The van der Waals surface area contributed by atoms with Crippen LogP contribution in [0.15, 0.2) is 62.9 Å². The second-order valence-corrected chi connectivity index (χ2v) is 8.16. The highest BCUT2D eigenvalue weighted by atomic mass is 32.2. The molecule has 14 nitrogen and oxygen atoms in total. The van der Waals surface area contributed by atoms with E-state index in [1.807, 2.05) is 4.83 Å². The van der Waals surface area contributed by atoms with E-state index >= 15 is 0 Å². The topological polar surface area (TPSA) is 201 Å². The SMILES string of the molecule is Cc1ccc(S(=O)(=O)NN=Cc2ccc(-c3c([N+](=O)[O-])cc([N+](=O)[O-])cc3[N+](=O)[O-])o2)cc1. The number of non-ortho nitro benzene ring substituents is 1. The van der Waals surface area contributed by atoms with Crippen molar-refractivity contribution in [3.8, 4) is 11.3 Å². The van der Waals surface area contributed by atoms with Crippen molar-refractivity contribution in [3.63, 3.8) is 0 Å². The van der Waals surface area contributed by atoms with Gasteiger partial charge in [-0.3, -0.25) is 30.3 Å². The van der Waals surface area contributed by atoms with E-state index in [-0.39, 0.29) is 16.4 Å². The van der Waals surface area contributed by atoms with E-state index in [1.54, 1.807) is 19.1 Å². The lowest BCUT2D eigenvalue weighted by Crippen LogP contribution is -2.18. The Balaban J connectivity index is 1.94. The predicted molar refractivity (Wildman–Crippen MR) is 113 cm³/mol. The van der Waals surface area contributed by atoms with E-state index < -0.39 is 47.4 Å². The van der Waals surface area contributed by atoms with Gasteiger partial charge < -0.3 is 4.42 Å². The van der Waals surface area contributed by atoms with Gasteiger partial charge in [-0.05, 0) is 31.2 Å². The monoisotopic (exact) mass is 475 g/mol. The molecule has 0 fully saturated rings. The van der Waals surface area contributed by atoms with Crippen LogP contribution in [-0.2, 0) is 10.0 Å². The largest absolute Gasteiger partial charge is 0.455 e. The first kappa shape index (κ1) is 23.0. The Morgan fingerprint density at radius 3 is 2.00 bits per heavy atom. The lowest BCUT2D eigenvalue weighted by molar-refractivity contribution is -0.402. The van der Waals surface area contributed by atoms with E-state index in [2.05, 4.69) is 5.10 Å². The van der Waals surface area contributed by atoms with Gasteiger partial charge in [0, 0.05) is 0 Å². The highest BCUT2D eigenvalue weighted by Crippen LogP contribution is 2.41. The number of nitrogens with zero attached hydrogens (tertiary/aromatic N) is 4. The summed E-state index contributed by atoms with van der Waals surface area (Å²) in [5.74, 6) is -0.440. The zero-order chi connectivity index (χ0) is 24.3. The predicted octanol–water partition coefficient (Wildman–Crippen LogP) is 3.29. The van der Waals surface area contributed by atoms with Crippen molar-refractivity contribution in [2.75, 3.05) is 0 Å². The Morgan fingerprint density at radius 2 is 1.48 bits per heavy atom. The van der Waals surface area contributed by atoms with Crippen LogP contribution in [0.4, 0.5) is 17.1 Å². The number of furan rings is 1. The summed E-state index contributed by atoms with van der Waals surface area (Å²) in [6, 6.07) is 9.49. The van der Waals surface area contributed by atoms with Gasteiger partial charge in [0.1, 0.15) is 11.5 Å². The standard InChI is InChI=1S/C18H13N5O9S/c1-11-2-5-14(6-3-11)33(30,31)20-19-10-13-4-7-17(32-13)18-15(22(26)27)8-12(21(24)25)9-16(18)23(28)29/h2-10,20H,1H3. The molecule has 0 bridgehead atoms. The molecule has 0 aliphatic heterocycles. The summed E-state index contributed by atoms with van der Waals surface area (Å²) < 4.78 is 29.8. The van der Waals surface area contributed by atoms with Crippen LogP contribution in [0.1, 0.15) is 11.3 Å². The molecule has 3 rings (SSSR count). The van der Waals surface area contributed by atoms with Crippen molar-refractivity contribution in [1.29, 1.82) is 0 Å². The molecule has 0 unspecified atom stereocenters. The minimum Gasteiger partial charge on any atom is -0.455 e. The lowest BCUT2D eigenvalue weighted by atomic mass is 10.1. The van der Waals surface area contributed by atoms with Gasteiger partial charge in [-0.15, -0.1) is 0 Å². The van der Waals surface area contributed by atoms with Crippen molar-refractivity contribution < 1.29 is 27.6 Å². The Labute approximate surface area is 184 Å². The summed E-state index contributed by atoms with van der Waals surface area (Å²) in [4.78, 5) is 32.7. The van der Waals surface area contributed by atoms with Crippen LogP contribution in [0.3, 0.4) is 0 Å². The van der Waals surface area contributed by atoms with Gasteiger partial charge >= 0.3 is 0 Å². The first-order valence-corrected chi connectivity index (χ1v) is 10.3. The molecule has 0 radical (unpaired) electrons. The summed E-state index contributed by atoms with van der Waals surface area (Å²) in [5, 5.41) is 37.4. The molecule has 0 saturated heterocycles. The molecule has 0 saturated carbocycles. The molecule has 2 aromatic carbocycles. The highest BCUT2D eigenvalue weighted by Gasteiger charge is 2.33. The fourth-order valence-electron chi connectivity index (χ4n) is 2.73. The van der Waals surface area contributed by atoms with Crippen molar-refractivity contribution in [2.24, 2.45) is 5.10 Å². The lowest BCUT2D eigenvalue weighted by Gasteiger charge is -2.03. The highest BCUT2D eigenvalue weighted by molar-refractivity contribution is 7.89. The number of hydrazone groups is 1. The summed E-state index contributed by atoms with van der Waals surface area (Å²) in [5.41, 5.74) is -2.39. The third kappa shape index (κ3) is 4.99. The fourth-order valence-corrected chi connectivity index (χ4v) is 3.52. The van der Waals surface area contributed by atoms with Crippen LogP contribution in [0, 0.1) is 37.3 Å². The van der Waals surface area contributed by atoms with Crippen LogP contribution >= 0.6 is 0 Å². The molecule has 0 aliphatic carbocycles. The molecule has 0 spiro atoms. The number of nitro groups is 3. The zero-order valence-corrected chi connectivity index (χ0v) is 17.4. The second kappa shape index (κ2) is 8.83. The number of sulfonamides is 1. The molecular weight excluding hydrogens is 462 g/mol. The van der Waals surface area contributed by atoms with Crippen LogP contribution in [0.2, 0.25) is 0 Å². The van der Waals surface area contributed by atoms with Gasteiger partial charge in [0.05, 0.1) is 38.0 Å². The molecule has 1 heterocycles. The first-order chi connectivity index (χ1) is 15.5. The van der Waals surface area contributed by atoms with E-state index in [0.29, 0.717) is 12.1 Å². The molecule has 0 atom stereocenters. The van der Waals surface area contributed by atoms with E-state index in [0.717, 1.165) is 17.8 Å². The third-order valence-electron chi connectivity index (χ3n) is 4.25. The van der Waals surface area contributed by atoms with Gasteiger partial charge in [-0.1, -0.05) is 17.7 Å². The van der Waals surface area contributed by atoms with Gasteiger partial charge in [0.15, 0.2) is 5.56 Å². The Kier molecular flexibility index (Phi) is 6.16. The van der Waals surface area contributed by atoms with Gasteiger partial charge in [-0.2, -0.15) is 18.4 Å². The molecule has 1 N–H and O–H groups in total. The molecule has 170 valence electrons. The van der Waals surface area contributed by atoms with Crippen molar-refractivity contribution in [3.05, 3.63) is 90.2 Å². The maximum Gasteiger partial charge on any atom is 0.294 e. The number of nitro benzene ring substituents is 3. The Morgan fingerprint density at radius 1 is 0.909 bits per heavy atom. The van der Waals surface area contributed by atoms with Gasteiger partial charge in [0.2, 0.25) is 0 Å². The maximum atomic E-state index is 12.2. The summed E-state index contributed by atoms with van der Waals surface area (Å²) >= 11 is 0. The fraction of sp³-hybridized carbons (Fsp3) is 0.0556. The molecule has 33 heavy (non-hydrogen) atoms. The number of hydrogen-bond acceptors (Lipinski definition) is 10. The van der Waals surface area contributed by atoms with Crippen molar-refractivity contribution in [1.82, 2.24) is 4.83 Å². The molecule has 0 amide bonds. The van der Waals surface area contributed by atoms with Crippen molar-refractivity contribution >= 4 is 33.3 Å². The molecule has 1 aromatic heterocycles. The number of nitrogens with one attached hydrogen (secondary N) is 1. The van der Waals surface area contributed by atoms with E-state index in [4.69, 9.17) is 4.42 Å². The average molecular weight is 475 g/mol. The molecule has 15 heteroatoms. The minimum absolute atomic E-state index is 0.0393. The second-order valence-electron chi connectivity index (χ2n) is 6.50. The van der Waals surface area contributed by atoms with Crippen molar-refractivity contribution in [2.45, 2.75) is 11.8 Å². The molecule has 0 aliphatic rings. The average Bonchev–Trinajstić information content (AvgIpc) is 3.21. The quantitative estimate of drug-likeness (QED) is 0.288. The third-order valence-corrected chi connectivity index (χ3v) is 5.49. The maximum absolute atomic E-state index is 12.2. The number of aryl methyl sites for hydroxylation is 1. The van der Waals surface area contributed by atoms with E-state index in [1.165, 1.54) is 18.2 Å². The number of hydrogen-bond donors (Lipinski definition) is 1. The molecular formula is C18H13N5O9S. The zero-order valence-electron chi connectivity index (χ0n) is 16.6. The van der Waals surface area contributed by atoms with Gasteiger partial charge in [0.25, 0.3) is 27.1 Å². The van der Waals surface area contributed by atoms with Crippen LogP contribution < -0.4 is 4.83 Å². The summed E-state index contributed by atoms with van der Waals surface area (Å²) in [7, 11) is -3.97. The number of rotatable bonds is 8. The summed E-state index contributed by atoms with van der Waals surface area (Å²) in [6.45, 7) is 1.79. The minimum atomic E-state index is -3.97. The first-order valence-electron chi connectivity index (χ1n) is 8.82. The smallest absolute Gasteiger partial charge is 0.294 e.